The van der Waals surface area contributed by atoms with Crippen molar-refractivity contribution < 1.29 is 5.11 Å². The summed E-state index contributed by atoms with van der Waals surface area (Å²) >= 11 is 0. The molecule has 0 radical (unpaired) electrons. The number of aryl methyl sites for hydroxylation is 1. The predicted octanol–water partition coefficient (Wildman–Crippen LogP) is 3.85. The van der Waals surface area contributed by atoms with Gasteiger partial charge in [0.15, 0.2) is 0 Å². The van der Waals surface area contributed by atoms with Crippen LogP contribution in [0, 0.1) is 12.8 Å². The Morgan fingerprint density at radius 1 is 1.19 bits per heavy atom. The Kier molecular flexibility index (Phi) is 4.39. The van der Waals surface area contributed by atoms with E-state index in [2.05, 4.69) is 17.2 Å². The van der Waals surface area contributed by atoms with Crippen LogP contribution in [0.2, 0.25) is 0 Å². The Labute approximate surface area is 126 Å². The van der Waals surface area contributed by atoms with Crippen LogP contribution in [0.4, 0.5) is 0 Å². The molecule has 1 aliphatic rings. The lowest BCUT2D eigenvalue weighted by Gasteiger charge is -2.26. The van der Waals surface area contributed by atoms with Gasteiger partial charge in [-0.1, -0.05) is 49.6 Å². The smallest absolute Gasteiger partial charge is 0.0851 e. The summed E-state index contributed by atoms with van der Waals surface area (Å²) in [5.41, 5.74) is 3.21. The normalized spacial score (nSPS) is 17.8. The summed E-state index contributed by atoms with van der Waals surface area (Å²) in [7, 11) is 0. The van der Waals surface area contributed by atoms with Gasteiger partial charge in [-0.25, -0.2) is 0 Å². The quantitative estimate of drug-likeness (QED) is 0.926. The molecule has 0 spiro atoms. The third-order valence-electron chi connectivity index (χ3n) is 4.59. The molecule has 0 amide bonds. The third kappa shape index (κ3) is 3.35. The van der Waals surface area contributed by atoms with Crippen LogP contribution in [0.5, 0.6) is 0 Å². The molecule has 0 saturated heterocycles. The highest BCUT2D eigenvalue weighted by atomic mass is 16.3. The first-order valence-corrected chi connectivity index (χ1v) is 8.00. The average Bonchev–Trinajstić information content (AvgIpc) is 2.89. The number of rotatable bonds is 4. The van der Waals surface area contributed by atoms with Gasteiger partial charge < -0.3 is 5.11 Å². The lowest BCUT2D eigenvalue weighted by atomic mass is 9.83. The van der Waals surface area contributed by atoms with Gasteiger partial charge in [0.25, 0.3) is 0 Å². The number of aromatic nitrogens is 2. The zero-order valence-electron chi connectivity index (χ0n) is 12.7. The molecule has 3 heteroatoms. The van der Waals surface area contributed by atoms with Gasteiger partial charge in [0.2, 0.25) is 0 Å². The van der Waals surface area contributed by atoms with Crippen LogP contribution in [-0.2, 0) is 6.54 Å². The second-order valence-electron chi connectivity index (χ2n) is 6.20. The van der Waals surface area contributed by atoms with E-state index >= 15 is 0 Å². The summed E-state index contributed by atoms with van der Waals surface area (Å²) in [5.74, 6) is 0.409. The van der Waals surface area contributed by atoms with Gasteiger partial charge in [-0.05, 0) is 31.2 Å². The van der Waals surface area contributed by atoms with Crippen molar-refractivity contribution >= 4 is 0 Å². The molecule has 1 fully saturated rings. The minimum Gasteiger partial charge on any atom is -0.388 e. The molecular formula is C18H24N2O. The standard InChI is InChI=1S/C18H24N2O/c1-14-17(18(21)16-10-6-3-7-11-16)13-20(19-14)12-15-8-4-2-5-9-15/h2,4-5,8-9,13,16,18,21H,3,6-7,10-12H2,1H3. The first-order valence-electron chi connectivity index (χ1n) is 8.00. The van der Waals surface area contributed by atoms with E-state index in [0.717, 1.165) is 30.6 Å². The molecule has 3 rings (SSSR count). The van der Waals surface area contributed by atoms with E-state index in [0.29, 0.717) is 5.92 Å². The van der Waals surface area contributed by atoms with E-state index in [1.54, 1.807) is 0 Å². The molecule has 1 unspecified atom stereocenters. The third-order valence-corrected chi connectivity index (χ3v) is 4.59. The monoisotopic (exact) mass is 284 g/mol. The summed E-state index contributed by atoms with van der Waals surface area (Å²) in [6.45, 7) is 2.77. The van der Waals surface area contributed by atoms with E-state index in [-0.39, 0.29) is 6.10 Å². The van der Waals surface area contributed by atoms with Gasteiger partial charge in [-0.3, -0.25) is 4.68 Å². The molecule has 112 valence electrons. The Hall–Kier alpha value is -1.61. The first-order chi connectivity index (χ1) is 10.2. The molecular weight excluding hydrogens is 260 g/mol. The summed E-state index contributed by atoms with van der Waals surface area (Å²) in [5, 5.41) is 15.2. The van der Waals surface area contributed by atoms with Gasteiger partial charge in [0.1, 0.15) is 0 Å². The highest BCUT2D eigenvalue weighted by Crippen LogP contribution is 2.35. The molecule has 0 aliphatic heterocycles. The van der Waals surface area contributed by atoms with Gasteiger partial charge in [0.05, 0.1) is 18.3 Å². The Balaban J connectivity index is 1.74. The lowest BCUT2D eigenvalue weighted by molar-refractivity contribution is 0.0842. The van der Waals surface area contributed by atoms with Gasteiger partial charge in [-0.15, -0.1) is 0 Å². The largest absolute Gasteiger partial charge is 0.388 e. The fourth-order valence-electron chi connectivity index (χ4n) is 3.38. The Morgan fingerprint density at radius 2 is 1.90 bits per heavy atom. The van der Waals surface area contributed by atoms with Crippen molar-refractivity contribution in [2.24, 2.45) is 5.92 Å². The highest BCUT2D eigenvalue weighted by molar-refractivity contribution is 5.21. The van der Waals surface area contributed by atoms with Crippen molar-refractivity contribution in [3.63, 3.8) is 0 Å². The average molecular weight is 284 g/mol. The molecule has 1 saturated carbocycles. The maximum atomic E-state index is 10.7. The van der Waals surface area contributed by atoms with Crippen LogP contribution in [0.25, 0.3) is 0 Å². The minimum absolute atomic E-state index is 0.352. The van der Waals surface area contributed by atoms with Crippen molar-refractivity contribution in [3.8, 4) is 0 Å². The van der Waals surface area contributed by atoms with Crippen LogP contribution in [0.15, 0.2) is 36.5 Å². The van der Waals surface area contributed by atoms with Crippen molar-refractivity contribution in [2.45, 2.75) is 51.7 Å². The maximum Gasteiger partial charge on any atom is 0.0851 e. The minimum atomic E-state index is -0.352. The van der Waals surface area contributed by atoms with Crippen LogP contribution in [0.3, 0.4) is 0 Å². The fourth-order valence-corrected chi connectivity index (χ4v) is 3.38. The summed E-state index contributed by atoms with van der Waals surface area (Å²) in [6.07, 6.45) is 7.78. The van der Waals surface area contributed by atoms with Crippen LogP contribution >= 0.6 is 0 Å². The Bertz CT molecular complexity index is 570. The zero-order valence-corrected chi connectivity index (χ0v) is 12.7. The summed E-state index contributed by atoms with van der Waals surface area (Å²) in [4.78, 5) is 0. The van der Waals surface area contributed by atoms with E-state index in [1.807, 2.05) is 36.0 Å². The van der Waals surface area contributed by atoms with Gasteiger partial charge in [0, 0.05) is 11.8 Å². The van der Waals surface area contributed by atoms with Crippen molar-refractivity contribution in [1.29, 1.82) is 0 Å². The second kappa shape index (κ2) is 6.44. The first kappa shape index (κ1) is 14.3. The number of nitrogens with zero attached hydrogens (tertiary/aromatic N) is 2. The zero-order chi connectivity index (χ0) is 14.7. The van der Waals surface area contributed by atoms with Crippen molar-refractivity contribution in [3.05, 3.63) is 53.3 Å². The van der Waals surface area contributed by atoms with Gasteiger partial charge >= 0.3 is 0 Å². The number of aliphatic hydroxyl groups excluding tert-OH is 1. The molecule has 1 atom stereocenters. The van der Waals surface area contributed by atoms with E-state index in [1.165, 1.54) is 24.8 Å². The van der Waals surface area contributed by atoms with E-state index in [4.69, 9.17) is 0 Å². The van der Waals surface area contributed by atoms with Crippen LogP contribution in [-0.4, -0.2) is 14.9 Å². The highest BCUT2D eigenvalue weighted by Gasteiger charge is 2.25. The lowest BCUT2D eigenvalue weighted by Crippen LogP contribution is -2.16. The molecule has 1 N–H and O–H groups in total. The second-order valence-corrected chi connectivity index (χ2v) is 6.20. The molecule has 1 aromatic carbocycles. The number of hydrogen-bond acceptors (Lipinski definition) is 2. The molecule has 2 aromatic rings. The molecule has 1 aliphatic carbocycles. The van der Waals surface area contributed by atoms with Crippen molar-refractivity contribution in [2.75, 3.05) is 0 Å². The van der Waals surface area contributed by atoms with Crippen molar-refractivity contribution in [1.82, 2.24) is 9.78 Å². The fraction of sp³-hybridized carbons (Fsp3) is 0.500. The summed E-state index contributed by atoms with van der Waals surface area (Å²) in [6, 6.07) is 10.3. The molecule has 0 bridgehead atoms. The molecule has 3 nitrogen and oxygen atoms in total. The number of aliphatic hydroxyl groups is 1. The predicted molar refractivity (Wildman–Crippen MR) is 84.0 cm³/mol. The Morgan fingerprint density at radius 3 is 2.62 bits per heavy atom. The molecule has 1 heterocycles. The molecule has 21 heavy (non-hydrogen) atoms. The molecule has 1 aromatic heterocycles. The number of benzene rings is 1. The summed E-state index contributed by atoms with van der Waals surface area (Å²) < 4.78 is 1.95. The van der Waals surface area contributed by atoms with Crippen LogP contribution in [0.1, 0.15) is 55.0 Å². The van der Waals surface area contributed by atoms with E-state index in [9.17, 15) is 5.11 Å². The maximum absolute atomic E-state index is 10.7. The van der Waals surface area contributed by atoms with Gasteiger partial charge in [-0.2, -0.15) is 5.10 Å². The SMILES string of the molecule is Cc1nn(Cc2ccccc2)cc1C(O)C1CCCCC1. The van der Waals surface area contributed by atoms with Crippen LogP contribution < -0.4 is 0 Å². The number of hydrogen-bond donors (Lipinski definition) is 1. The van der Waals surface area contributed by atoms with E-state index < -0.39 is 0 Å². The topological polar surface area (TPSA) is 38.0 Å².